The third kappa shape index (κ3) is 10.7. The number of hydrogen-bond acceptors (Lipinski definition) is 4. The van der Waals surface area contributed by atoms with E-state index >= 15 is 0 Å². The van der Waals surface area contributed by atoms with Crippen molar-refractivity contribution < 1.29 is 4.52 Å². The van der Waals surface area contributed by atoms with Crippen LogP contribution in [0.3, 0.4) is 0 Å². The van der Waals surface area contributed by atoms with E-state index in [4.69, 9.17) is 4.52 Å². The van der Waals surface area contributed by atoms with Crippen molar-refractivity contribution in [2.75, 3.05) is 13.6 Å². The molecule has 0 aliphatic rings. The summed E-state index contributed by atoms with van der Waals surface area (Å²) >= 11 is 0. The lowest BCUT2D eigenvalue weighted by atomic mass is 9.89. The molecular weight excluding hydrogens is 429 g/mol. The Bertz CT molecular complexity index is 508. The number of halogens is 1. The molecule has 6 nitrogen and oxygen atoms in total. The molecule has 1 rings (SSSR count). The maximum atomic E-state index is 5.25. The lowest BCUT2D eigenvalue weighted by molar-refractivity contribution is 0.346. The monoisotopic (exact) mass is 465 g/mol. The van der Waals surface area contributed by atoms with E-state index in [9.17, 15) is 0 Å². The quantitative estimate of drug-likeness (QED) is 0.262. The van der Waals surface area contributed by atoms with Gasteiger partial charge in [0.05, 0.1) is 0 Å². The summed E-state index contributed by atoms with van der Waals surface area (Å²) in [6, 6.07) is 0.403. The Labute approximate surface area is 170 Å². The number of guanidine groups is 1. The number of aromatic nitrogens is 2. The highest BCUT2D eigenvalue weighted by Gasteiger charge is 2.13. The summed E-state index contributed by atoms with van der Waals surface area (Å²) in [4.78, 5) is 8.68. The average molecular weight is 465 g/mol. The van der Waals surface area contributed by atoms with E-state index in [1.807, 2.05) is 0 Å². The van der Waals surface area contributed by atoms with Crippen LogP contribution in [0.25, 0.3) is 0 Å². The smallest absolute Gasteiger partial charge is 0.226 e. The van der Waals surface area contributed by atoms with Crippen molar-refractivity contribution in [1.82, 2.24) is 20.8 Å². The lowest BCUT2D eigenvalue weighted by Gasteiger charge is -2.23. The number of rotatable bonds is 8. The third-order valence-electron chi connectivity index (χ3n) is 3.79. The Morgan fingerprint density at radius 2 is 1.92 bits per heavy atom. The Balaban J connectivity index is 0.00000576. The van der Waals surface area contributed by atoms with Crippen molar-refractivity contribution in [3.63, 3.8) is 0 Å². The van der Waals surface area contributed by atoms with E-state index in [0.29, 0.717) is 23.3 Å². The van der Waals surface area contributed by atoms with Crippen LogP contribution in [-0.2, 0) is 6.42 Å². The molecule has 0 saturated carbocycles. The van der Waals surface area contributed by atoms with Crippen LogP contribution in [0.1, 0.15) is 78.4 Å². The molecule has 0 radical (unpaired) electrons. The zero-order chi connectivity index (χ0) is 18.2. The predicted molar refractivity (Wildman–Crippen MR) is 115 cm³/mol. The van der Waals surface area contributed by atoms with E-state index in [1.54, 1.807) is 7.05 Å². The first-order valence-corrected chi connectivity index (χ1v) is 9.01. The highest BCUT2D eigenvalue weighted by atomic mass is 127. The van der Waals surface area contributed by atoms with Crippen molar-refractivity contribution in [2.45, 2.75) is 79.2 Å². The molecule has 0 fully saturated rings. The number of aliphatic imine (C=N–C) groups is 1. The van der Waals surface area contributed by atoms with Gasteiger partial charge in [0, 0.05) is 32.0 Å². The normalized spacial score (nSPS) is 13.5. The third-order valence-corrected chi connectivity index (χ3v) is 3.79. The van der Waals surface area contributed by atoms with Gasteiger partial charge in [0.1, 0.15) is 0 Å². The topological polar surface area (TPSA) is 75.3 Å². The summed E-state index contributed by atoms with van der Waals surface area (Å²) < 4.78 is 5.25. The van der Waals surface area contributed by atoms with Crippen LogP contribution in [0, 0.1) is 5.41 Å². The van der Waals surface area contributed by atoms with Gasteiger partial charge < -0.3 is 15.2 Å². The number of nitrogens with one attached hydrogen (secondary N) is 2. The Hall–Kier alpha value is -0.860. The summed E-state index contributed by atoms with van der Waals surface area (Å²) in [7, 11) is 1.80. The second kappa shape index (κ2) is 11.7. The van der Waals surface area contributed by atoms with Gasteiger partial charge in [-0.15, -0.1) is 24.0 Å². The van der Waals surface area contributed by atoms with Crippen LogP contribution in [0.15, 0.2) is 9.52 Å². The van der Waals surface area contributed by atoms with Crippen molar-refractivity contribution in [3.8, 4) is 0 Å². The summed E-state index contributed by atoms with van der Waals surface area (Å²) in [6.45, 7) is 14.0. The molecule has 1 aromatic rings. The first-order valence-electron chi connectivity index (χ1n) is 9.01. The first-order chi connectivity index (χ1) is 11.2. The molecule has 0 aliphatic carbocycles. The fourth-order valence-corrected chi connectivity index (χ4v) is 2.20. The molecule has 1 unspecified atom stereocenters. The Morgan fingerprint density at radius 1 is 1.24 bits per heavy atom. The van der Waals surface area contributed by atoms with Gasteiger partial charge in [0.15, 0.2) is 11.8 Å². The van der Waals surface area contributed by atoms with Crippen molar-refractivity contribution in [3.05, 3.63) is 11.7 Å². The van der Waals surface area contributed by atoms with Gasteiger partial charge in [0.2, 0.25) is 5.89 Å². The minimum Gasteiger partial charge on any atom is -0.356 e. The van der Waals surface area contributed by atoms with Crippen LogP contribution in [0.2, 0.25) is 0 Å². The first kappa shape index (κ1) is 24.1. The zero-order valence-electron chi connectivity index (χ0n) is 16.8. The van der Waals surface area contributed by atoms with Crippen LogP contribution < -0.4 is 10.6 Å². The fraction of sp³-hybridized carbons (Fsp3) is 0.833. The number of aryl methyl sites for hydroxylation is 1. The van der Waals surface area contributed by atoms with Gasteiger partial charge in [-0.1, -0.05) is 39.8 Å². The minimum atomic E-state index is 0. The van der Waals surface area contributed by atoms with Crippen LogP contribution in [0.5, 0.6) is 0 Å². The SMILES string of the molecule is CN=C(NCCCc1nc(C(C)C)no1)NC(C)CCC(C)(C)C.I. The summed E-state index contributed by atoms with van der Waals surface area (Å²) in [5, 5.41) is 10.8. The highest BCUT2D eigenvalue weighted by molar-refractivity contribution is 14.0. The van der Waals surface area contributed by atoms with Crippen LogP contribution in [-0.4, -0.2) is 35.7 Å². The van der Waals surface area contributed by atoms with Crippen LogP contribution >= 0.6 is 24.0 Å². The molecule has 0 aliphatic heterocycles. The fourth-order valence-electron chi connectivity index (χ4n) is 2.20. The summed E-state index contributed by atoms with van der Waals surface area (Å²) in [6.07, 6.45) is 4.03. The van der Waals surface area contributed by atoms with Gasteiger partial charge in [-0.2, -0.15) is 4.98 Å². The molecule has 1 aromatic heterocycles. The molecule has 7 heteroatoms. The van der Waals surface area contributed by atoms with Crippen molar-refractivity contribution in [1.29, 1.82) is 0 Å². The largest absolute Gasteiger partial charge is 0.356 e. The predicted octanol–water partition coefficient (Wildman–Crippen LogP) is 4.12. The van der Waals surface area contributed by atoms with E-state index < -0.39 is 0 Å². The second-order valence-corrected chi connectivity index (χ2v) is 7.95. The Kier molecular flexibility index (Phi) is 11.3. The van der Waals surface area contributed by atoms with Crippen molar-refractivity contribution >= 4 is 29.9 Å². The molecule has 0 aromatic carbocycles. The van der Waals surface area contributed by atoms with Gasteiger partial charge in [-0.25, -0.2) is 0 Å². The number of hydrogen-bond donors (Lipinski definition) is 2. The maximum Gasteiger partial charge on any atom is 0.226 e. The molecule has 0 amide bonds. The van der Waals surface area contributed by atoms with Crippen molar-refractivity contribution in [2.24, 2.45) is 10.4 Å². The molecule has 146 valence electrons. The number of nitrogens with zero attached hydrogens (tertiary/aromatic N) is 3. The molecule has 2 N–H and O–H groups in total. The Morgan fingerprint density at radius 3 is 2.44 bits per heavy atom. The second-order valence-electron chi connectivity index (χ2n) is 7.95. The van der Waals surface area contributed by atoms with E-state index in [0.717, 1.165) is 37.6 Å². The highest BCUT2D eigenvalue weighted by Crippen LogP contribution is 2.21. The standard InChI is InChI=1S/C18H35N5O.HI/c1-13(2)16-22-15(24-23-16)9-8-12-20-17(19-7)21-14(3)10-11-18(4,5)6;/h13-14H,8-12H2,1-7H3,(H2,19,20,21);1H. The van der Waals surface area contributed by atoms with Gasteiger partial charge >= 0.3 is 0 Å². The molecule has 1 atom stereocenters. The lowest BCUT2D eigenvalue weighted by Crippen LogP contribution is -2.42. The minimum absolute atomic E-state index is 0. The zero-order valence-corrected chi connectivity index (χ0v) is 19.2. The van der Waals surface area contributed by atoms with E-state index in [-0.39, 0.29) is 24.0 Å². The molecule has 0 spiro atoms. The average Bonchev–Trinajstić information content (AvgIpc) is 2.96. The van der Waals surface area contributed by atoms with E-state index in [1.165, 1.54) is 6.42 Å². The summed E-state index contributed by atoms with van der Waals surface area (Å²) in [5.74, 6) is 2.65. The maximum absolute atomic E-state index is 5.25. The van der Waals surface area contributed by atoms with Gasteiger partial charge in [0.25, 0.3) is 0 Å². The molecule has 1 heterocycles. The van der Waals surface area contributed by atoms with Crippen LogP contribution in [0.4, 0.5) is 0 Å². The molecule has 0 saturated heterocycles. The molecular formula is C18H36IN5O. The molecule has 25 heavy (non-hydrogen) atoms. The molecule has 0 bridgehead atoms. The van der Waals surface area contributed by atoms with Gasteiger partial charge in [-0.3, -0.25) is 4.99 Å². The van der Waals surface area contributed by atoms with E-state index in [2.05, 4.69) is 67.3 Å². The summed E-state index contributed by atoms with van der Waals surface area (Å²) in [5.41, 5.74) is 0.367. The van der Waals surface area contributed by atoms with Gasteiger partial charge in [-0.05, 0) is 31.6 Å².